The summed E-state index contributed by atoms with van der Waals surface area (Å²) in [6.45, 7) is 1.67. The maximum absolute atomic E-state index is 13.0. The highest BCUT2D eigenvalue weighted by Gasteiger charge is 2.18. The lowest BCUT2D eigenvalue weighted by Gasteiger charge is -2.12. The number of furan rings is 1. The molecule has 0 aliphatic heterocycles. The van der Waals surface area contributed by atoms with Crippen molar-refractivity contribution in [3.8, 4) is 11.3 Å². The minimum Gasteiger partial charge on any atom is -0.452 e. The van der Waals surface area contributed by atoms with E-state index in [1.807, 2.05) is 0 Å². The van der Waals surface area contributed by atoms with Crippen molar-refractivity contribution in [2.45, 2.75) is 13.0 Å². The lowest BCUT2D eigenvalue weighted by atomic mass is 10.1. The fourth-order valence-electron chi connectivity index (χ4n) is 2.37. The van der Waals surface area contributed by atoms with Crippen molar-refractivity contribution in [3.63, 3.8) is 0 Å². The van der Waals surface area contributed by atoms with E-state index >= 15 is 0 Å². The topological polar surface area (TPSA) is 82.6 Å². The van der Waals surface area contributed by atoms with E-state index in [4.69, 9.17) is 9.15 Å². The summed E-state index contributed by atoms with van der Waals surface area (Å²) in [6, 6.07) is 14.5. The Morgan fingerprint density at radius 3 is 2.35 bits per heavy atom. The van der Waals surface area contributed by atoms with Gasteiger partial charge in [-0.3, -0.25) is 10.1 Å². The van der Waals surface area contributed by atoms with Gasteiger partial charge in [0.25, 0.3) is 5.69 Å². The first-order chi connectivity index (χ1) is 12.4. The van der Waals surface area contributed by atoms with E-state index < -0.39 is 17.0 Å². The van der Waals surface area contributed by atoms with Gasteiger partial charge in [-0.1, -0.05) is 12.1 Å². The number of halogens is 1. The van der Waals surface area contributed by atoms with Crippen LogP contribution in [0, 0.1) is 15.9 Å². The van der Waals surface area contributed by atoms with Crippen LogP contribution in [0.15, 0.2) is 65.1 Å². The number of carbonyl (C=O) groups excluding carboxylic acids is 1. The third kappa shape index (κ3) is 3.77. The van der Waals surface area contributed by atoms with Crippen molar-refractivity contribution in [3.05, 3.63) is 87.9 Å². The number of ether oxygens (including phenoxy) is 1. The molecule has 3 rings (SSSR count). The van der Waals surface area contributed by atoms with Gasteiger partial charge in [-0.25, -0.2) is 9.18 Å². The Hall–Kier alpha value is -3.48. The molecule has 0 unspecified atom stereocenters. The molecular formula is C19H14FNO5. The van der Waals surface area contributed by atoms with E-state index in [0.29, 0.717) is 16.9 Å². The number of nitrogens with zero attached hydrogens (tertiary/aromatic N) is 1. The lowest BCUT2D eigenvalue weighted by Crippen LogP contribution is -2.08. The first kappa shape index (κ1) is 17.3. The largest absolute Gasteiger partial charge is 0.452 e. The molecule has 0 N–H and O–H groups in total. The Balaban J connectivity index is 1.71. The van der Waals surface area contributed by atoms with Crippen molar-refractivity contribution in [2.75, 3.05) is 0 Å². The number of nitro groups is 1. The van der Waals surface area contributed by atoms with Gasteiger partial charge >= 0.3 is 5.97 Å². The highest BCUT2D eigenvalue weighted by Crippen LogP contribution is 2.26. The maximum atomic E-state index is 13.0. The van der Waals surface area contributed by atoms with Crippen LogP contribution in [0.2, 0.25) is 0 Å². The predicted octanol–water partition coefficient (Wildman–Crippen LogP) is 4.91. The van der Waals surface area contributed by atoms with E-state index in [1.54, 1.807) is 13.0 Å². The summed E-state index contributed by atoms with van der Waals surface area (Å²) in [4.78, 5) is 22.4. The summed E-state index contributed by atoms with van der Waals surface area (Å²) in [7, 11) is 0. The quantitative estimate of drug-likeness (QED) is 0.369. The number of hydrogen-bond donors (Lipinski definition) is 0. The molecule has 26 heavy (non-hydrogen) atoms. The molecule has 6 nitrogen and oxygen atoms in total. The zero-order valence-corrected chi connectivity index (χ0v) is 13.7. The molecule has 1 heterocycles. The summed E-state index contributed by atoms with van der Waals surface area (Å²) >= 11 is 0. The molecule has 0 aliphatic carbocycles. The van der Waals surface area contributed by atoms with Crippen LogP contribution in [0.1, 0.15) is 29.1 Å². The predicted molar refractivity (Wildman–Crippen MR) is 91.0 cm³/mol. The number of nitro benzene ring substituents is 1. The Morgan fingerprint density at radius 2 is 1.73 bits per heavy atom. The van der Waals surface area contributed by atoms with E-state index in [2.05, 4.69) is 0 Å². The van der Waals surface area contributed by atoms with Crippen molar-refractivity contribution in [1.82, 2.24) is 0 Å². The Kier molecular flexibility index (Phi) is 4.79. The number of benzene rings is 2. The number of carbonyl (C=O) groups is 1. The van der Waals surface area contributed by atoms with Gasteiger partial charge in [0.1, 0.15) is 17.7 Å². The van der Waals surface area contributed by atoms with Crippen LogP contribution in [-0.2, 0) is 4.74 Å². The van der Waals surface area contributed by atoms with E-state index in [-0.39, 0.29) is 17.3 Å². The van der Waals surface area contributed by atoms with Crippen LogP contribution in [0.3, 0.4) is 0 Å². The van der Waals surface area contributed by atoms with Gasteiger partial charge in [-0.15, -0.1) is 0 Å². The second-order valence-corrected chi connectivity index (χ2v) is 5.57. The summed E-state index contributed by atoms with van der Waals surface area (Å²) in [5.74, 6) is -0.630. The second-order valence-electron chi connectivity index (χ2n) is 5.57. The van der Waals surface area contributed by atoms with Crippen molar-refractivity contribution in [2.24, 2.45) is 0 Å². The molecule has 0 spiro atoms. The molecule has 0 saturated heterocycles. The minimum atomic E-state index is -0.657. The smallest absolute Gasteiger partial charge is 0.374 e. The maximum Gasteiger partial charge on any atom is 0.374 e. The molecule has 0 radical (unpaired) electrons. The molecule has 0 amide bonds. The van der Waals surface area contributed by atoms with Gasteiger partial charge in [0.2, 0.25) is 5.76 Å². The first-order valence-electron chi connectivity index (χ1n) is 7.75. The average molecular weight is 355 g/mol. The molecule has 0 saturated carbocycles. The van der Waals surface area contributed by atoms with Crippen molar-refractivity contribution in [1.29, 1.82) is 0 Å². The Morgan fingerprint density at radius 1 is 1.08 bits per heavy atom. The average Bonchev–Trinajstić information content (AvgIpc) is 3.12. The van der Waals surface area contributed by atoms with E-state index in [0.717, 1.165) is 0 Å². The molecule has 132 valence electrons. The van der Waals surface area contributed by atoms with Crippen molar-refractivity contribution < 1.29 is 23.3 Å². The standard InChI is InChI=1S/C19H14FNO5/c1-12(13-2-6-15(20)7-3-13)25-19(22)18-11-10-17(26-18)14-4-8-16(9-5-14)21(23)24/h2-12H,1H3/t12-/m1/s1. The summed E-state index contributed by atoms with van der Waals surface area (Å²) in [5, 5.41) is 10.7. The molecule has 1 atom stereocenters. The van der Waals surface area contributed by atoms with Gasteiger partial charge < -0.3 is 9.15 Å². The molecule has 1 aromatic heterocycles. The number of hydrogen-bond acceptors (Lipinski definition) is 5. The molecule has 3 aromatic rings. The van der Waals surface area contributed by atoms with Crippen LogP contribution >= 0.6 is 0 Å². The highest BCUT2D eigenvalue weighted by molar-refractivity contribution is 5.87. The molecule has 7 heteroatoms. The second kappa shape index (κ2) is 7.18. The van der Waals surface area contributed by atoms with Crippen LogP contribution in [0.25, 0.3) is 11.3 Å². The van der Waals surface area contributed by atoms with Crippen LogP contribution < -0.4 is 0 Å². The van der Waals surface area contributed by atoms with E-state index in [9.17, 15) is 19.3 Å². The first-order valence-corrected chi connectivity index (χ1v) is 7.75. The summed E-state index contributed by atoms with van der Waals surface area (Å²) < 4.78 is 23.8. The minimum absolute atomic E-state index is 0.00677. The van der Waals surface area contributed by atoms with Gasteiger partial charge in [-0.05, 0) is 48.9 Å². The number of rotatable bonds is 5. The molecule has 2 aromatic carbocycles. The zero-order chi connectivity index (χ0) is 18.7. The van der Waals surface area contributed by atoms with Gasteiger partial charge in [0.05, 0.1) is 4.92 Å². The molecule has 0 aliphatic rings. The van der Waals surface area contributed by atoms with Crippen molar-refractivity contribution >= 4 is 11.7 Å². The Bertz CT molecular complexity index is 931. The fourth-order valence-corrected chi connectivity index (χ4v) is 2.37. The molecular weight excluding hydrogens is 341 g/mol. The number of non-ortho nitro benzene ring substituents is 1. The summed E-state index contributed by atoms with van der Waals surface area (Å²) in [5.41, 5.74) is 1.22. The third-order valence-corrected chi connectivity index (χ3v) is 3.79. The third-order valence-electron chi connectivity index (χ3n) is 3.79. The zero-order valence-electron chi connectivity index (χ0n) is 13.7. The number of esters is 1. The van der Waals surface area contributed by atoms with Crippen LogP contribution in [0.5, 0.6) is 0 Å². The summed E-state index contributed by atoms with van der Waals surface area (Å²) in [6.07, 6.45) is -0.573. The van der Waals surface area contributed by atoms with Crippen LogP contribution in [0.4, 0.5) is 10.1 Å². The van der Waals surface area contributed by atoms with Gasteiger partial charge in [0.15, 0.2) is 0 Å². The van der Waals surface area contributed by atoms with Crippen LogP contribution in [-0.4, -0.2) is 10.9 Å². The molecule has 0 fully saturated rings. The SMILES string of the molecule is C[C@@H](OC(=O)c1ccc(-c2ccc([N+](=O)[O-])cc2)o1)c1ccc(F)cc1. The Labute approximate surface area is 148 Å². The normalized spacial score (nSPS) is 11.8. The fraction of sp³-hybridized carbons (Fsp3) is 0.105. The monoisotopic (exact) mass is 355 g/mol. The van der Waals surface area contributed by atoms with Gasteiger partial charge in [-0.2, -0.15) is 0 Å². The molecule has 0 bridgehead atoms. The van der Waals surface area contributed by atoms with Gasteiger partial charge in [0, 0.05) is 17.7 Å². The highest BCUT2D eigenvalue weighted by atomic mass is 19.1. The van der Waals surface area contributed by atoms with E-state index in [1.165, 1.54) is 54.6 Å². The lowest BCUT2D eigenvalue weighted by molar-refractivity contribution is -0.384.